The number of carbonyl (C=O) groups is 1. The minimum Gasteiger partial charge on any atom is -0.492 e. The van der Waals surface area contributed by atoms with Crippen LogP contribution in [0.2, 0.25) is 0 Å². The monoisotopic (exact) mass is 280 g/mol. The Morgan fingerprint density at radius 3 is 2.76 bits per heavy atom. The lowest BCUT2D eigenvalue weighted by atomic mass is 9.78. The van der Waals surface area contributed by atoms with Gasteiger partial charge in [-0.1, -0.05) is 42.5 Å². The molecule has 106 valence electrons. The van der Waals surface area contributed by atoms with Gasteiger partial charge in [0.1, 0.15) is 5.75 Å². The van der Waals surface area contributed by atoms with E-state index in [2.05, 4.69) is 24.3 Å². The maximum Gasteiger partial charge on any atom is 0.328 e. The van der Waals surface area contributed by atoms with Crippen molar-refractivity contribution in [3.63, 3.8) is 0 Å². The molecule has 1 unspecified atom stereocenters. The SMILES string of the molecule is O=C(O)C=Cc1ccccc1OCC1Cc2ccccc21. The van der Waals surface area contributed by atoms with Crippen LogP contribution in [0.5, 0.6) is 5.75 Å². The van der Waals surface area contributed by atoms with Crippen LogP contribution in [0.15, 0.2) is 54.6 Å². The van der Waals surface area contributed by atoms with Crippen LogP contribution >= 0.6 is 0 Å². The summed E-state index contributed by atoms with van der Waals surface area (Å²) < 4.78 is 5.89. The number of rotatable bonds is 5. The Bertz CT molecular complexity index is 688. The zero-order valence-electron chi connectivity index (χ0n) is 11.5. The second kappa shape index (κ2) is 5.83. The molecule has 1 aliphatic carbocycles. The minimum absolute atomic E-state index is 0.428. The van der Waals surface area contributed by atoms with E-state index >= 15 is 0 Å². The van der Waals surface area contributed by atoms with E-state index in [0.29, 0.717) is 12.5 Å². The molecule has 0 fully saturated rings. The van der Waals surface area contributed by atoms with E-state index in [1.165, 1.54) is 11.1 Å². The normalized spacial score (nSPS) is 16.3. The third-order valence-electron chi connectivity index (χ3n) is 3.73. The van der Waals surface area contributed by atoms with E-state index < -0.39 is 5.97 Å². The fraction of sp³-hybridized carbons (Fsp3) is 0.167. The molecule has 0 saturated heterocycles. The number of fused-ring (bicyclic) bond motifs is 1. The van der Waals surface area contributed by atoms with Crippen molar-refractivity contribution in [2.45, 2.75) is 12.3 Å². The fourth-order valence-corrected chi connectivity index (χ4v) is 2.61. The van der Waals surface area contributed by atoms with Gasteiger partial charge in [-0.25, -0.2) is 4.79 Å². The molecular formula is C18H16O3. The minimum atomic E-state index is -0.960. The number of benzene rings is 2. The van der Waals surface area contributed by atoms with Crippen LogP contribution in [-0.2, 0) is 11.2 Å². The van der Waals surface area contributed by atoms with Crippen molar-refractivity contribution in [3.05, 3.63) is 71.3 Å². The second-order valence-electron chi connectivity index (χ2n) is 5.12. The molecule has 0 spiro atoms. The van der Waals surface area contributed by atoms with Gasteiger partial charge in [0.05, 0.1) is 6.61 Å². The molecule has 0 amide bonds. The van der Waals surface area contributed by atoms with Crippen LogP contribution in [0.25, 0.3) is 6.08 Å². The van der Waals surface area contributed by atoms with Gasteiger partial charge >= 0.3 is 5.97 Å². The zero-order chi connectivity index (χ0) is 14.7. The van der Waals surface area contributed by atoms with Crippen LogP contribution in [0.1, 0.15) is 22.6 Å². The van der Waals surface area contributed by atoms with Gasteiger partial charge in [-0.05, 0) is 29.7 Å². The van der Waals surface area contributed by atoms with Crippen molar-refractivity contribution in [1.29, 1.82) is 0 Å². The Hall–Kier alpha value is -2.55. The highest BCUT2D eigenvalue weighted by atomic mass is 16.5. The first-order chi connectivity index (χ1) is 10.2. The van der Waals surface area contributed by atoms with Crippen molar-refractivity contribution in [3.8, 4) is 5.75 Å². The second-order valence-corrected chi connectivity index (χ2v) is 5.12. The standard InChI is InChI=1S/C18H16O3/c19-18(20)10-9-13-5-2-4-8-17(13)21-12-15-11-14-6-1-3-7-16(14)15/h1-10,15H,11-12H2,(H,19,20). The lowest BCUT2D eigenvalue weighted by molar-refractivity contribution is -0.131. The van der Waals surface area contributed by atoms with Gasteiger partial charge in [0.2, 0.25) is 0 Å². The number of carboxylic acid groups (broad SMARTS) is 1. The van der Waals surface area contributed by atoms with Crippen LogP contribution in [0.3, 0.4) is 0 Å². The van der Waals surface area contributed by atoms with Gasteiger partial charge in [-0.15, -0.1) is 0 Å². The lowest BCUT2D eigenvalue weighted by Crippen LogP contribution is -2.23. The van der Waals surface area contributed by atoms with Gasteiger partial charge < -0.3 is 9.84 Å². The molecule has 2 aromatic carbocycles. The maximum atomic E-state index is 10.6. The topological polar surface area (TPSA) is 46.5 Å². The number of para-hydroxylation sites is 1. The van der Waals surface area contributed by atoms with E-state index in [1.807, 2.05) is 24.3 Å². The highest BCUT2D eigenvalue weighted by Gasteiger charge is 2.25. The predicted molar refractivity (Wildman–Crippen MR) is 81.5 cm³/mol. The third kappa shape index (κ3) is 2.97. The zero-order valence-corrected chi connectivity index (χ0v) is 11.5. The smallest absolute Gasteiger partial charge is 0.328 e. The number of carboxylic acids is 1. The van der Waals surface area contributed by atoms with Crippen molar-refractivity contribution < 1.29 is 14.6 Å². The lowest BCUT2D eigenvalue weighted by Gasteiger charge is -2.30. The molecule has 3 rings (SSSR count). The Morgan fingerprint density at radius 2 is 1.95 bits per heavy atom. The molecule has 21 heavy (non-hydrogen) atoms. The third-order valence-corrected chi connectivity index (χ3v) is 3.73. The fourth-order valence-electron chi connectivity index (χ4n) is 2.61. The van der Waals surface area contributed by atoms with Gasteiger partial charge in [0.25, 0.3) is 0 Å². The van der Waals surface area contributed by atoms with Gasteiger partial charge in [0, 0.05) is 17.6 Å². The average molecular weight is 280 g/mol. The molecule has 0 radical (unpaired) electrons. The van der Waals surface area contributed by atoms with E-state index in [-0.39, 0.29) is 0 Å². The summed E-state index contributed by atoms with van der Waals surface area (Å²) in [6.45, 7) is 0.620. The average Bonchev–Trinajstić information content (AvgIpc) is 2.47. The molecule has 0 bridgehead atoms. The van der Waals surface area contributed by atoms with Crippen LogP contribution in [-0.4, -0.2) is 17.7 Å². The van der Waals surface area contributed by atoms with E-state index in [0.717, 1.165) is 23.8 Å². The summed E-state index contributed by atoms with van der Waals surface area (Å²) in [6.07, 6.45) is 3.73. The van der Waals surface area contributed by atoms with Crippen molar-refractivity contribution in [2.75, 3.05) is 6.61 Å². The molecular weight excluding hydrogens is 264 g/mol. The number of aliphatic carboxylic acids is 1. The quantitative estimate of drug-likeness (QED) is 0.853. The Balaban J connectivity index is 1.68. The van der Waals surface area contributed by atoms with Crippen LogP contribution < -0.4 is 4.74 Å². The largest absolute Gasteiger partial charge is 0.492 e. The van der Waals surface area contributed by atoms with Gasteiger partial charge in [-0.2, -0.15) is 0 Å². The van der Waals surface area contributed by atoms with Crippen molar-refractivity contribution >= 4 is 12.0 Å². The first kappa shape index (κ1) is 13.4. The molecule has 0 aromatic heterocycles. The summed E-state index contributed by atoms with van der Waals surface area (Å²) in [5, 5.41) is 8.71. The molecule has 1 N–H and O–H groups in total. The molecule has 3 nitrogen and oxygen atoms in total. The number of hydrogen-bond acceptors (Lipinski definition) is 2. The first-order valence-corrected chi connectivity index (χ1v) is 6.94. The predicted octanol–water partition coefficient (Wildman–Crippen LogP) is 3.50. The molecule has 0 saturated carbocycles. The Labute approximate surface area is 123 Å². The van der Waals surface area contributed by atoms with E-state index in [9.17, 15) is 4.79 Å². The van der Waals surface area contributed by atoms with E-state index in [1.54, 1.807) is 6.08 Å². The number of ether oxygens (including phenoxy) is 1. The summed E-state index contributed by atoms with van der Waals surface area (Å²) in [4.78, 5) is 10.6. The molecule has 0 aliphatic heterocycles. The van der Waals surface area contributed by atoms with Crippen molar-refractivity contribution in [1.82, 2.24) is 0 Å². The molecule has 1 aliphatic rings. The summed E-state index contributed by atoms with van der Waals surface area (Å²) in [5.74, 6) is 0.190. The Kier molecular flexibility index (Phi) is 3.73. The van der Waals surface area contributed by atoms with Gasteiger partial charge in [-0.3, -0.25) is 0 Å². The first-order valence-electron chi connectivity index (χ1n) is 6.94. The number of hydrogen-bond donors (Lipinski definition) is 1. The maximum absolute atomic E-state index is 10.6. The highest BCUT2D eigenvalue weighted by Crippen LogP contribution is 2.35. The summed E-state index contributed by atoms with van der Waals surface area (Å²) in [6, 6.07) is 15.9. The van der Waals surface area contributed by atoms with Crippen molar-refractivity contribution in [2.24, 2.45) is 0 Å². The summed E-state index contributed by atoms with van der Waals surface area (Å²) in [7, 11) is 0. The molecule has 1 atom stereocenters. The molecule has 2 aromatic rings. The summed E-state index contributed by atoms with van der Waals surface area (Å²) >= 11 is 0. The highest BCUT2D eigenvalue weighted by molar-refractivity contribution is 5.85. The molecule has 3 heteroatoms. The van der Waals surface area contributed by atoms with E-state index in [4.69, 9.17) is 9.84 Å². The molecule has 0 heterocycles. The van der Waals surface area contributed by atoms with Crippen LogP contribution in [0.4, 0.5) is 0 Å². The summed E-state index contributed by atoms with van der Waals surface area (Å²) in [5.41, 5.74) is 3.54. The Morgan fingerprint density at radius 1 is 1.19 bits per heavy atom. The van der Waals surface area contributed by atoms with Gasteiger partial charge in [0.15, 0.2) is 0 Å². The van der Waals surface area contributed by atoms with Crippen LogP contribution in [0, 0.1) is 0 Å².